The van der Waals surface area contributed by atoms with Gasteiger partial charge in [0.25, 0.3) is 0 Å². The van der Waals surface area contributed by atoms with Crippen LogP contribution in [0.5, 0.6) is 0 Å². The number of nitrogens with one attached hydrogen (secondary N) is 2. The number of allylic oxidation sites excluding steroid dienone is 8. The van der Waals surface area contributed by atoms with Gasteiger partial charge in [0.1, 0.15) is 0 Å². The summed E-state index contributed by atoms with van der Waals surface area (Å²) in [5, 5.41) is 5.74. The number of aromatic nitrogens is 1. The Morgan fingerprint density at radius 1 is 0.750 bits per heavy atom. The predicted octanol–water partition coefficient (Wildman–Crippen LogP) is 2.35. The number of fused-ring (bicyclic) bond motifs is 8. The Labute approximate surface area is 162 Å². The molecule has 6 rings (SSSR count). The molecule has 0 fully saturated rings. The van der Waals surface area contributed by atoms with E-state index >= 15 is 0 Å². The minimum atomic E-state index is 0.177. The van der Waals surface area contributed by atoms with E-state index < -0.39 is 0 Å². The van der Waals surface area contributed by atoms with Gasteiger partial charge in [-0.2, -0.15) is 0 Å². The molecule has 0 aromatic carbocycles. The number of nitrogens with zero attached hydrogens (tertiary/aromatic N) is 2. The molecule has 0 amide bonds. The van der Waals surface area contributed by atoms with E-state index in [1.165, 1.54) is 5.57 Å². The first kappa shape index (κ1) is 15.4. The van der Waals surface area contributed by atoms with Crippen LogP contribution in [0.2, 0.25) is 0 Å². The molecule has 0 saturated carbocycles. The SMILES string of the molecule is C1=CC2=C3C=C4C=CC(=N4)C=c4ccc([nH]4)=CC4=NC(=CC(N3)C2C=C1)C=C4. The van der Waals surface area contributed by atoms with Crippen LogP contribution in [0.3, 0.4) is 0 Å². The second kappa shape index (κ2) is 5.92. The fourth-order valence-corrected chi connectivity index (χ4v) is 4.13. The zero-order chi connectivity index (χ0) is 18.5. The molecule has 2 N–H and O–H groups in total. The summed E-state index contributed by atoms with van der Waals surface area (Å²) in [7, 11) is 0. The number of hydrogen-bond acceptors (Lipinski definition) is 3. The average molecular weight is 362 g/mol. The molecule has 1 aliphatic carbocycles. The van der Waals surface area contributed by atoms with Crippen molar-refractivity contribution in [3.8, 4) is 0 Å². The monoisotopic (exact) mass is 362 g/mol. The maximum absolute atomic E-state index is 4.78. The van der Waals surface area contributed by atoms with Crippen LogP contribution in [0, 0.1) is 5.92 Å². The van der Waals surface area contributed by atoms with Gasteiger partial charge in [-0.15, -0.1) is 0 Å². The Balaban J connectivity index is 1.54. The van der Waals surface area contributed by atoms with E-state index in [4.69, 9.17) is 9.98 Å². The van der Waals surface area contributed by atoms with Crippen LogP contribution in [-0.4, -0.2) is 22.4 Å². The fourth-order valence-electron chi connectivity index (χ4n) is 4.13. The molecule has 2 atom stereocenters. The Morgan fingerprint density at radius 3 is 2.32 bits per heavy atom. The maximum atomic E-state index is 4.78. The summed E-state index contributed by atoms with van der Waals surface area (Å²) in [5.41, 5.74) is 6.28. The van der Waals surface area contributed by atoms with Crippen molar-refractivity contribution in [2.75, 3.05) is 0 Å². The van der Waals surface area contributed by atoms with Gasteiger partial charge in [0.15, 0.2) is 0 Å². The number of aromatic amines is 1. The van der Waals surface area contributed by atoms with Crippen molar-refractivity contribution in [3.05, 3.63) is 106 Å². The largest absolute Gasteiger partial charge is 0.378 e. The normalized spacial score (nSPS) is 26.1. The third kappa shape index (κ3) is 2.62. The summed E-state index contributed by atoms with van der Waals surface area (Å²) in [4.78, 5) is 12.9. The van der Waals surface area contributed by atoms with Crippen molar-refractivity contribution in [1.29, 1.82) is 0 Å². The van der Waals surface area contributed by atoms with E-state index in [2.05, 4.69) is 95.3 Å². The van der Waals surface area contributed by atoms with Crippen LogP contribution in [0.25, 0.3) is 12.2 Å². The van der Waals surface area contributed by atoms with Gasteiger partial charge < -0.3 is 10.3 Å². The molecule has 0 saturated heterocycles. The molecular weight excluding hydrogens is 344 g/mol. The molecule has 1 aromatic rings. The van der Waals surface area contributed by atoms with Crippen LogP contribution in [0.15, 0.2) is 106 Å². The second-order valence-electron chi connectivity index (χ2n) is 7.37. The summed E-state index contributed by atoms with van der Waals surface area (Å²) in [6.07, 6.45) is 25.4. The highest BCUT2D eigenvalue weighted by Crippen LogP contribution is 2.34. The zero-order valence-corrected chi connectivity index (χ0v) is 15.1. The lowest BCUT2D eigenvalue weighted by Gasteiger charge is -2.16. The molecule has 0 radical (unpaired) electrons. The molecular formula is C24H18N4. The highest BCUT2D eigenvalue weighted by atomic mass is 15.0. The molecule has 4 heteroatoms. The minimum Gasteiger partial charge on any atom is -0.378 e. The van der Waals surface area contributed by atoms with Gasteiger partial charge in [0, 0.05) is 22.3 Å². The molecule has 4 nitrogen and oxygen atoms in total. The highest BCUT2D eigenvalue weighted by molar-refractivity contribution is 6.20. The van der Waals surface area contributed by atoms with Crippen molar-refractivity contribution in [2.45, 2.75) is 6.04 Å². The summed E-state index contributed by atoms with van der Waals surface area (Å²) >= 11 is 0. The number of hydrogen-bond donors (Lipinski definition) is 2. The van der Waals surface area contributed by atoms with E-state index in [0.29, 0.717) is 5.92 Å². The molecule has 1 aromatic heterocycles. The number of rotatable bonds is 0. The smallest absolute Gasteiger partial charge is 0.0658 e. The highest BCUT2D eigenvalue weighted by Gasteiger charge is 2.30. The molecule has 134 valence electrons. The lowest BCUT2D eigenvalue weighted by Crippen LogP contribution is -2.26. The van der Waals surface area contributed by atoms with E-state index in [1.807, 2.05) is 0 Å². The predicted molar refractivity (Wildman–Crippen MR) is 114 cm³/mol. The first-order chi connectivity index (χ1) is 13.8. The lowest BCUT2D eigenvalue weighted by molar-refractivity contribution is 0.634. The Hall–Kier alpha value is -3.66. The van der Waals surface area contributed by atoms with Gasteiger partial charge in [-0.3, -0.25) is 0 Å². The Kier molecular flexibility index (Phi) is 3.26. The third-order valence-corrected chi connectivity index (χ3v) is 5.43. The zero-order valence-electron chi connectivity index (χ0n) is 15.1. The summed E-state index contributed by atoms with van der Waals surface area (Å²) in [5.74, 6) is 0.308. The minimum absolute atomic E-state index is 0.177. The van der Waals surface area contributed by atoms with Gasteiger partial charge in [-0.05, 0) is 66.3 Å². The van der Waals surface area contributed by atoms with Crippen LogP contribution < -0.4 is 16.0 Å². The third-order valence-electron chi connectivity index (χ3n) is 5.43. The standard InChI is InChI=1S/C24H18N4/c1-2-4-22-21(3-1)23-13-19-9-7-17(26-19)11-15-5-6-16(25-15)12-18-8-10-20(27-18)14-24(22)28-23/h1-14,21,23,25,28H. The van der Waals surface area contributed by atoms with Gasteiger partial charge >= 0.3 is 0 Å². The Morgan fingerprint density at radius 2 is 1.50 bits per heavy atom. The molecule has 8 bridgehead atoms. The summed E-state index contributed by atoms with van der Waals surface area (Å²) < 4.78 is 0. The van der Waals surface area contributed by atoms with Crippen molar-refractivity contribution >= 4 is 23.6 Å². The number of H-pyrrole nitrogens is 1. The molecule has 5 heterocycles. The topological polar surface area (TPSA) is 52.5 Å². The van der Waals surface area contributed by atoms with Gasteiger partial charge in [-0.25, -0.2) is 9.98 Å². The molecule has 5 aliphatic rings. The van der Waals surface area contributed by atoms with E-state index in [-0.39, 0.29) is 6.04 Å². The van der Waals surface area contributed by atoms with Crippen molar-refractivity contribution in [1.82, 2.24) is 10.3 Å². The van der Waals surface area contributed by atoms with Crippen molar-refractivity contribution < 1.29 is 0 Å². The first-order valence-corrected chi connectivity index (χ1v) is 9.51. The lowest BCUT2D eigenvalue weighted by atomic mass is 9.90. The Bertz CT molecular complexity index is 1280. The van der Waals surface area contributed by atoms with Crippen LogP contribution >= 0.6 is 0 Å². The molecule has 28 heavy (non-hydrogen) atoms. The van der Waals surface area contributed by atoms with E-state index in [0.717, 1.165) is 39.2 Å². The van der Waals surface area contributed by atoms with E-state index in [9.17, 15) is 0 Å². The van der Waals surface area contributed by atoms with E-state index in [1.54, 1.807) is 0 Å². The van der Waals surface area contributed by atoms with Crippen LogP contribution in [0.1, 0.15) is 0 Å². The van der Waals surface area contributed by atoms with Gasteiger partial charge in [0.2, 0.25) is 0 Å². The maximum Gasteiger partial charge on any atom is 0.0658 e. The van der Waals surface area contributed by atoms with Crippen LogP contribution in [0.4, 0.5) is 0 Å². The van der Waals surface area contributed by atoms with Gasteiger partial charge in [-0.1, -0.05) is 24.3 Å². The number of aliphatic imine (C=N–C) groups is 2. The van der Waals surface area contributed by atoms with Crippen molar-refractivity contribution in [3.63, 3.8) is 0 Å². The first-order valence-electron chi connectivity index (χ1n) is 9.51. The second-order valence-corrected chi connectivity index (χ2v) is 7.37. The summed E-state index contributed by atoms with van der Waals surface area (Å²) in [6, 6.07) is 4.31. The molecule has 4 aliphatic heterocycles. The summed E-state index contributed by atoms with van der Waals surface area (Å²) in [6.45, 7) is 0. The fraction of sp³-hybridized carbons (Fsp3) is 0.0833. The quantitative estimate of drug-likeness (QED) is 0.731. The van der Waals surface area contributed by atoms with Gasteiger partial charge in [0.05, 0.1) is 28.9 Å². The molecule has 0 spiro atoms. The average Bonchev–Trinajstić information content (AvgIpc) is 3.47. The van der Waals surface area contributed by atoms with Crippen molar-refractivity contribution in [2.24, 2.45) is 15.9 Å². The molecule has 2 unspecified atom stereocenters. The van der Waals surface area contributed by atoms with Crippen LogP contribution in [-0.2, 0) is 0 Å².